The summed E-state index contributed by atoms with van der Waals surface area (Å²) in [5.74, 6) is 0.573. The fraction of sp³-hybridized carbons (Fsp3) is 0.348. The summed E-state index contributed by atoms with van der Waals surface area (Å²) in [5, 5.41) is 9.09. The number of piperidine rings is 1. The topological polar surface area (TPSA) is 71.2 Å². The van der Waals surface area contributed by atoms with Crippen molar-refractivity contribution in [3.05, 3.63) is 53.2 Å². The number of methoxy groups -OCH3 is 1. The van der Waals surface area contributed by atoms with Crippen molar-refractivity contribution in [3.8, 4) is 17.6 Å². The molecule has 4 rings (SSSR count). The lowest BCUT2D eigenvalue weighted by atomic mass is 10.1. The van der Waals surface area contributed by atoms with Gasteiger partial charge < -0.3 is 9.30 Å². The van der Waals surface area contributed by atoms with Crippen molar-refractivity contribution >= 4 is 16.8 Å². The van der Waals surface area contributed by atoms with Gasteiger partial charge in [-0.05, 0) is 63.2 Å². The van der Waals surface area contributed by atoms with Crippen LogP contribution in [-0.2, 0) is 0 Å². The van der Waals surface area contributed by atoms with Crippen LogP contribution in [0, 0.1) is 18.3 Å². The maximum Gasteiger partial charge on any atom is 0.213 e. The second-order valence-electron chi connectivity index (χ2n) is 7.44. The number of ether oxygens (including phenoxy) is 1. The van der Waals surface area contributed by atoms with Crippen LogP contribution in [0.2, 0.25) is 0 Å². The predicted octanol–water partition coefficient (Wildman–Crippen LogP) is 3.88. The summed E-state index contributed by atoms with van der Waals surface area (Å²) in [7, 11) is 1.58. The van der Waals surface area contributed by atoms with E-state index in [2.05, 4.69) is 16.0 Å². The van der Waals surface area contributed by atoms with Gasteiger partial charge in [0.25, 0.3) is 0 Å². The average molecular weight is 388 g/mol. The summed E-state index contributed by atoms with van der Waals surface area (Å²) in [6.45, 7) is 4.30. The highest BCUT2D eigenvalue weighted by Gasteiger charge is 2.24. The molecule has 0 atom stereocenters. The molecule has 3 heterocycles. The molecular formula is C23H24N4O2. The number of Topliss-reactive ketones (excluding diaryl/α,β-unsaturated/α-hetero) is 1. The molecule has 3 aromatic rings. The fourth-order valence-electron chi connectivity index (χ4n) is 4.13. The zero-order chi connectivity index (χ0) is 20.4. The molecular weight excluding hydrogens is 364 g/mol. The van der Waals surface area contributed by atoms with E-state index in [0.717, 1.165) is 42.8 Å². The lowest BCUT2D eigenvalue weighted by Crippen LogP contribution is -2.34. The Hall–Kier alpha value is -3.17. The lowest BCUT2D eigenvalue weighted by molar-refractivity contribution is 0.0916. The van der Waals surface area contributed by atoms with E-state index in [1.54, 1.807) is 25.3 Å². The Morgan fingerprint density at radius 1 is 1.14 bits per heavy atom. The average Bonchev–Trinajstić information content (AvgIpc) is 3.05. The normalized spacial score (nSPS) is 14.7. The molecule has 6 heteroatoms. The van der Waals surface area contributed by atoms with Crippen molar-refractivity contribution in [2.75, 3.05) is 26.7 Å². The molecule has 1 aromatic carbocycles. The summed E-state index contributed by atoms with van der Waals surface area (Å²) < 4.78 is 7.35. The minimum absolute atomic E-state index is 0.0857. The lowest BCUT2D eigenvalue weighted by Gasteiger charge is -2.25. The monoisotopic (exact) mass is 388 g/mol. The SMILES string of the molecule is COc1ccc2c(n1)c(C(=O)CN1CCCCC1)c(C)n2-c1ccc(C#N)cc1. The van der Waals surface area contributed by atoms with E-state index in [9.17, 15) is 4.79 Å². The van der Waals surface area contributed by atoms with Crippen LogP contribution >= 0.6 is 0 Å². The van der Waals surface area contributed by atoms with E-state index in [-0.39, 0.29) is 5.78 Å². The minimum atomic E-state index is 0.0857. The van der Waals surface area contributed by atoms with Gasteiger partial charge in [0.05, 0.1) is 36.4 Å². The van der Waals surface area contributed by atoms with Gasteiger partial charge in [0, 0.05) is 17.4 Å². The van der Waals surface area contributed by atoms with Gasteiger partial charge in [0.2, 0.25) is 5.88 Å². The zero-order valence-electron chi connectivity index (χ0n) is 16.8. The molecule has 0 saturated carbocycles. The molecule has 0 N–H and O–H groups in total. The van der Waals surface area contributed by atoms with Crippen LogP contribution in [0.4, 0.5) is 0 Å². The number of likely N-dealkylation sites (tertiary alicyclic amines) is 1. The van der Waals surface area contributed by atoms with E-state index < -0.39 is 0 Å². The van der Waals surface area contributed by atoms with Gasteiger partial charge in [0.1, 0.15) is 5.52 Å². The van der Waals surface area contributed by atoms with Gasteiger partial charge in [0.15, 0.2) is 5.78 Å². The van der Waals surface area contributed by atoms with E-state index >= 15 is 0 Å². The third-order valence-electron chi connectivity index (χ3n) is 5.58. The highest BCUT2D eigenvalue weighted by Crippen LogP contribution is 2.30. The number of hydrogen-bond donors (Lipinski definition) is 0. The molecule has 148 valence electrons. The van der Waals surface area contributed by atoms with E-state index in [4.69, 9.17) is 10.00 Å². The van der Waals surface area contributed by atoms with Gasteiger partial charge in [-0.1, -0.05) is 6.42 Å². The predicted molar refractivity (Wildman–Crippen MR) is 112 cm³/mol. The van der Waals surface area contributed by atoms with Crippen LogP contribution in [0.25, 0.3) is 16.7 Å². The van der Waals surface area contributed by atoms with Crippen LogP contribution in [0.3, 0.4) is 0 Å². The first-order valence-electron chi connectivity index (χ1n) is 9.94. The third kappa shape index (κ3) is 3.62. The number of benzene rings is 1. The Morgan fingerprint density at radius 3 is 2.52 bits per heavy atom. The number of fused-ring (bicyclic) bond motifs is 1. The standard InChI is InChI=1S/C23H24N4O2/c1-16-22(20(28)15-26-12-4-3-5-13-26)23-19(10-11-21(25-23)29-2)27(16)18-8-6-17(14-24)7-9-18/h6-11H,3-5,12-13,15H2,1-2H3. The summed E-state index contributed by atoms with van der Waals surface area (Å²) >= 11 is 0. The van der Waals surface area contributed by atoms with E-state index in [0.29, 0.717) is 29.1 Å². The quantitative estimate of drug-likeness (QED) is 0.620. The first-order chi connectivity index (χ1) is 14.1. The highest BCUT2D eigenvalue weighted by molar-refractivity contribution is 6.09. The number of carbonyl (C=O) groups is 1. The summed E-state index contributed by atoms with van der Waals surface area (Å²) in [6.07, 6.45) is 3.52. The molecule has 2 aromatic heterocycles. The summed E-state index contributed by atoms with van der Waals surface area (Å²) in [4.78, 5) is 20.2. The molecule has 0 amide bonds. The van der Waals surface area contributed by atoms with Crippen molar-refractivity contribution < 1.29 is 9.53 Å². The number of hydrogen-bond acceptors (Lipinski definition) is 5. The van der Waals surface area contributed by atoms with E-state index in [1.165, 1.54) is 6.42 Å². The van der Waals surface area contributed by atoms with Crippen LogP contribution in [0.15, 0.2) is 36.4 Å². The number of nitrogens with zero attached hydrogens (tertiary/aromatic N) is 4. The van der Waals surface area contributed by atoms with Crippen molar-refractivity contribution in [2.45, 2.75) is 26.2 Å². The maximum atomic E-state index is 13.3. The van der Waals surface area contributed by atoms with Gasteiger partial charge in [-0.2, -0.15) is 5.26 Å². The van der Waals surface area contributed by atoms with Crippen LogP contribution < -0.4 is 4.74 Å². The van der Waals surface area contributed by atoms with Gasteiger partial charge in [-0.15, -0.1) is 0 Å². The van der Waals surface area contributed by atoms with Gasteiger partial charge in [-0.25, -0.2) is 4.98 Å². The zero-order valence-corrected chi connectivity index (χ0v) is 16.8. The first kappa shape index (κ1) is 19.2. The molecule has 1 aliphatic rings. The van der Waals surface area contributed by atoms with Crippen LogP contribution in [0.5, 0.6) is 5.88 Å². The second-order valence-corrected chi connectivity index (χ2v) is 7.44. The first-order valence-corrected chi connectivity index (χ1v) is 9.94. The largest absolute Gasteiger partial charge is 0.481 e. The highest BCUT2D eigenvalue weighted by atomic mass is 16.5. The van der Waals surface area contributed by atoms with Crippen molar-refractivity contribution in [1.29, 1.82) is 5.26 Å². The van der Waals surface area contributed by atoms with Crippen LogP contribution in [0.1, 0.15) is 40.9 Å². The van der Waals surface area contributed by atoms with Crippen LogP contribution in [-0.4, -0.2) is 47.0 Å². The Labute approximate surface area is 170 Å². The summed E-state index contributed by atoms with van der Waals surface area (Å²) in [5.41, 5.74) is 4.52. The fourth-order valence-corrected chi connectivity index (χ4v) is 4.13. The molecule has 0 aliphatic carbocycles. The molecule has 1 aliphatic heterocycles. The van der Waals surface area contributed by atoms with Crippen molar-refractivity contribution in [2.24, 2.45) is 0 Å². The maximum absolute atomic E-state index is 13.3. The third-order valence-corrected chi connectivity index (χ3v) is 5.58. The Morgan fingerprint density at radius 2 is 1.86 bits per heavy atom. The number of rotatable bonds is 5. The Kier molecular flexibility index (Phi) is 5.32. The van der Waals surface area contributed by atoms with Crippen molar-refractivity contribution in [1.82, 2.24) is 14.5 Å². The summed E-state index contributed by atoms with van der Waals surface area (Å²) in [6, 6.07) is 13.2. The Balaban J connectivity index is 1.83. The number of aromatic nitrogens is 2. The number of carbonyl (C=O) groups excluding carboxylic acids is 1. The molecule has 1 saturated heterocycles. The molecule has 0 unspecified atom stereocenters. The molecule has 0 spiro atoms. The molecule has 29 heavy (non-hydrogen) atoms. The number of pyridine rings is 1. The molecule has 0 radical (unpaired) electrons. The second kappa shape index (κ2) is 8.06. The molecule has 6 nitrogen and oxygen atoms in total. The number of ketones is 1. The van der Waals surface area contributed by atoms with Gasteiger partial charge >= 0.3 is 0 Å². The van der Waals surface area contributed by atoms with E-state index in [1.807, 2.05) is 29.7 Å². The molecule has 1 fully saturated rings. The van der Waals surface area contributed by atoms with Gasteiger partial charge in [-0.3, -0.25) is 9.69 Å². The minimum Gasteiger partial charge on any atom is -0.481 e. The molecule has 0 bridgehead atoms. The Bertz CT molecular complexity index is 1090. The smallest absolute Gasteiger partial charge is 0.213 e. The number of nitriles is 1. The van der Waals surface area contributed by atoms with Crippen molar-refractivity contribution in [3.63, 3.8) is 0 Å².